The molecule has 108 valence electrons. The van der Waals surface area contributed by atoms with E-state index in [2.05, 4.69) is 0 Å². The zero-order valence-corrected chi connectivity index (χ0v) is 11.6. The van der Waals surface area contributed by atoms with E-state index < -0.39 is 0 Å². The quantitative estimate of drug-likeness (QED) is 0.612. The molecule has 0 bridgehead atoms. The highest BCUT2D eigenvalue weighted by Crippen LogP contribution is 1.88. The average Bonchev–Trinajstić information content (AvgIpc) is 2.40. The Labute approximate surface area is 112 Å². The molecule has 6 nitrogen and oxygen atoms in total. The third kappa shape index (κ3) is 5.00. The first-order valence-corrected chi connectivity index (χ1v) is 6.57. The highest BCUT2D eigenvalue weighted by Gasteiger charge is 2.04. The number of rotatable bonds is 9. The van der Waals surface area contributed by atoms with Crippen molar-refractivity contribution in [1.82, 2.24) is 9.13 Å². The van der Waals surface area contributed by atoms with E-state index in [4.69, 9.17) is 9.47 Å². The van der Waals surface area contributed by atoms with Crippen molar-refractivity contribution in [2.45, 2.75) is 32.9 Å². The van der Waals surface area contributed by atoms with Gasteiger partial charge in [-0.15, -0.1) is 0 Å². The van der Waals surface area contributed by atoms with Gasteiger partial charge in [-0.1, -0.05) is 6.92 Å². The maximum absolute atomic E-state index is 12.0. The first-order valence-electron chi connectivity index (χ1n) is 6.57. The molecule has 0 aliphatic heterocycles. The van der Waals surface area contributed by atoms with Gasteiger partial charge in [-0.2, -0.15) is 0 Å². The fraction of sp³-hybridized carbons (Fsp3) is 0.692. The maximum atomic E-state index is 12.0. The topological polar surface area (TPSA) is 62.5 Å². The lowest BCUT2D eigenvalue weighted by Gasteiger charge is -2.09. The van der Waals surface area contributed by atoms with Gasteiger partial charge >= 0.3 is 5.69 Å². The van der Waals surface area contributed by atoms with Crippen LogP contribution in [0.2, 0.25) is 0 Å². The Balaban J connectivity index is 2.55. The predicted octanol–water partition coefficient (Wildman–Crippen LogP) is 0.473. The SMILES string of the molecule is CCCn1ccc(=O)n(CCCOCCOC)c1=O. The minimum absolute atomic E-state index is 0.244. The largest absolute Gasteiger partial charge is 0.382 e. The molecule has 0 N–H and O–H groups in total. The van der Waals surface area contributed by atoms with Gasteiger partial charge in [0.1, 0.15) is 0 Å². The molecule has 1 heterocycles. The van der Waals surface area contributed by atoms with E-state index >= 15 is 0 Å². The molecule has 0 atom stereocenters. The Morgan fingerprint density at radius 1 is 1.16 bits per heavy atom. The summed E-state index contributed by atoms with van der Waals surface area (Å²) >= 11 is 0. The van der Waals surface area contributed by atoms with Crippen molar-refractivity contribution < 1.29 is 9.47 Å². The summed E-state index contributed by atoms with van der Waals surface area (Å²) in [5.74, 6) is 0. The zero-order chi connectivity index (χ0) is 14.1. The van der Waals surface area contributed by atoms with E-state index in [0.717, 1.165) is 6.42 Å². The van der Waals surface area contributed by atoms with E-state index in [-0.39, 0.29) is 11.2 Å². The summed E-state index contributed by atoms with van der Waals surface area (Å²) in [6.07, 6.45) is 3.05. The number of aryl methyl sites for hydroxylation is 1. The van der Waals surface area contributed by atoms with Crippen molar-refractivity contribution in [3.05, 3.63) is 33.1 Å². The summed E-state index contributed by atoms with van der Waals surface area (Å²) in [4.78, 5) is 23.7. The normalized spacial score (nSPS) is 10.8. The van der Waals surface area contributed by atoms with Crippen LogP contribution < -0.4 is 11.2 Å². The highest BCUT2D eigenvalue weighted by molar-refractivity contribution is 4.86. The minimum atomic E-state index is -0.255. The van der Waals surface area contributed by atoms with Gasteiger partial charge in [0, 0.05) is 39.1 Å². The van der Waals surface area contributed by atoms with Crippen LogP contribution in [0.15, 0.2) is 21.9 Å². The molecule has 0 saturated heterocycles. The van der Waals surface area contributed by atoms with Crippen molar-refractivity contribution in [2.75, 3.05) is 26.9 Å². The van der Waals surface area contributed by atoms with Gasteiger partial charge in [0.05, 0.1) is 13.2 Å². The summed E-state index contributed by atoms with van der Waals surface area (Å²) < 4.78 is 13.0. The molecule has 19 heavy (non-hydrogen) atoms. The fourth-order valence-electron chi connectivity index (χ4n) is 1.74. The predicted molar refractivity (Wildman–Crippen MR) is 72.6 cm³/mol. The Kier molecular flexibility index (Phi) is 7.14. The Morgan fingerprint density at radius 2 is 1.95 bits per heavy atom. The Morgan fingerprint density at radius 3 is 2.63 bits per heavy atom. The molecule has 1 rings (SSSR count). The van der Waals surface area contributed by atoms with Gasteiger partial charge in [0.15, 0.2) is 0 Å². The van der Waals surface area contributed by atoms with E-state index in [0.29, 0.717) is 39.3 Å². The number of aromatic nitrogens is 2. The third-order valence-corrected chi connectivity index (χ3v) is 2.71. The number of hydrogen-bond acceptors (Lipinski definition) is 4. The molecule has 0 unspecified atom stereocenters. The summed E-state index contributed by atoms with van der Waals surface area (Å²) in [6, 6.07) is 1.43. The lowest BCUT2D eigenvalue weighted by molar-refractivity contribution is 0.0677. The monoisotopic (exact) mass is 270 g/mol. The first-order chi connectivity index (χ1) is 9.20. The molecule has 0 fully saturated rings. The van der Waals surface area contributed by atoms with Gasteiger partial charge < -0.3 is 14.0 Å². The molecule has 6 heteroatoms. The summed E-state index contributed by atoms with van der Waals surface area (Å²) in [7, 11) is 1.61. The van der Waals surface area contributed by atoms with Crippen LogP contribution in [0.5, 0.6) is 0 Å². The molecule has 0 amide bonds. The van der Waals surface area contributed by atoms with Crippen LogP contribution in [0.4, 0.5) is 0 Å². The number of nitrogens with zero attached hydrogens (tertiary/aromatic N) is 2. The van der Waals surface area contributed by atoms with E-state index in [1.807, 2.05) is 6.92 Å². The molecule has 0 spiro atoms. The lowest BCUT2D eigenvalue weighted by atomic mass is 10.4. The maximum Gasteiger partial charge on any atom is 0.330 e. The molecular formula is C13H22N2O4. The molecule has 0 aliphatic rings. The smallest absolute Gasteiger partial charge is 0.330 e. The van der Waals surface area contributed by atoms with E-state index in [9.17, 15) is 9.59 Å². The lowest BCUT2D eigenvalue weighted by Crippen LogP contribution is -2.39. The van der Waals surface area contributed by atoms with Crippen molar-refractivity contribution >= 4 is 0 Å². The van der Waals surface area contributed by atoms with E-state index in [1.165, 1.54) is 10.6 Å². The number of hydrogen-bond donors (Lipinski definition) is 0. The number of ether oxygens (including phenoxy) is 2. The van der Waals surface area contributed by atoms with Crippen LogP contribution in [-0.2, 0) is 22.6 Å². The van der Waals surface area contributed by atoms with Gasteiger partial charge in [-0.05, 0) is 12.8 Å². The van der Waals surface area contributed by atoms with Crippen molar-refractivity contribution in [2.24, 2.45) is 0 Å². The van der Waals surface area contributed by atoms with Crippen molar-refractivity contribution in [1.29, 1.82) is 0 Å². The fourth-order valence-corrected chi connectivity index (χ4v) is 1.74. The second kappa shape index (κ2) is 8.66. The molecule has 0 saturated carbocycles. The van der Waals surface area contributed by atoms with Gasteiger partial charge in [0.2, 0.25) is 0 Å². The van der Waals surface area contributed by atoms with Crippen LogP contribution in [0, 0.1) is 0 Å². The van der Waals surface area contributed by atoms with Crippen LogP contribution >= 0.6 is 0 Å². The second-order valence-electron chi connectivity index (χ2n) is 4.24. The Hall–Kier alpha value is -1.40. The average molecular weight is 270 g/mol. The molecule has 1 aromatic heterocycles. The summed E-state index contributed by atoms with van der Waals surface area (Å²) in [5.41, 5.74) is -0.500. The minimum Gasteiger partial charge on any atom is -0.382 e. The Bertz CT molecular complexity index is 478. The summed E-state index contributed by atoms with van der Waals surface area (Å²) in [6.45, 7) is 4.59. The van der Waals surface area contributed by atoms with Crippen LogP contribution in [0.3, 0.4) is 0 Å². The van der Waals surface area contributed by atoms with Crippen LogP contribution in [-0.4, -0.2) is 36.1 Å². The summed E-state index contributed by atoms with van der Waals surface area (Å²) in [5, 5.41) is 0. The first kappa shape index (κ1) is 15.7. The van der Waals surface area contributed by atoms with Crippen LogP contribution in [0.25, 0.3) is 0 Å². The van der Waals surface area contributed by atoms with Crippen molar-refractivity contribution in [3.8, 4) is 0 Å². The standard InChI is InChI=1S/C13H22N2O4/c1-3-6-14-8-5-12(16)15(13(14)17)7-4-9-19-11-10-18-2/h5,8H,3-4,6-7,9-11H2,1-2H3. The van der Waals surface area contributed by atoms with Crippen LogP contribution in [0.1, 0.15) is 19.8 Å². The molecule has 0 radical (unpaired) electrons. The molecule has 0 aromatic carbocycles. The van der Waals surface area contributed by atoms with Gasteiger partial charge in [-0.25, -0.2) is 4.79 Å². The number of methoxy groups -OCH3 is 1. The zero-order valence-electron chi connectivity index (χ0n) is 11.6. The highest BCUT2D eigenvalue weighted by atomic mass is 16.5. The third-order valence-electron chi connectivity index (χ3n) is 2.71. The van der Waals surface area contributed by atoms with Gasteiger partial charge in [0.25, 0.3) is 5.56 Å². The van der Waals surface area contributed by atoms with E-state index in [1.54, 1.807) is 17.9 Å². The molecular weight excluding hydrogens is 248 g/mol. The van der Waals surface area contributed by atoms with Gasteiger partial charge in [-0.3, -0.25) is 9.36 Å². The second-order valence-corrected chi connectivity index (χ2v) is 4.24. The van der Waals surface area contributed by atoms with Crippen molar-refractivity contribution in [3.63, 3.8) is 0 Å². The molecule has 0 aliphatic carbocycles. The molecule has 1 aromatic rings.